The summed E-state index contributed by atoms with van der Waals surface area (Å²) in [6.07, 6.45) is 3.77. The van der Waals surface area contributed by atoms with Crippen molar-refractivity contribution >= 4 is 26.6 Å². The summed E-state index contributed by atoms with van der Waals surface area (Å²) in [7, 11) is 0.735. The topological polar surface area (TPSA) is 94.2 Å². The van der Waals surface area contributed by atoms with Crippen molar-refractivity contribution < 1.29 is 27.4 Å². The molecule has 1 fully saturated rings. The maximum atomic E-state index is 14.2. The van der Waals surface area contributed by atoms with Gasteiger partial charge in [-0.3, -0.25) is 9.69 Å². The number of ketones is 1. The molecule has 0 amide bonds. The molecule has 1 aliphatic heterocycles. The summed E-state index contributed by atoms with van der Waals surface area (Å²) in [4.78, 5) is 16.7. The van der Waals surface area contributed by atoms with Crippen LogP contribution >= 0.6 is 0 Å². The first-order valence-electron chi connectivity index (χ1n) is 14.1. The minimum absolute atomic E-state index is 0.0695. The maximum absolute atomic E-state index is 14.2. The lowest BCUT2D eigenvalue weighted by molar-refractivity contribution is 0.104. The van der Waals surface area contributed by atoms with Gasteiger partial charge >= 0.3 is 0 Å². The Morgan fingerprint density at radius 3 is 2.26 bits per heavy atom. The van der Waals surface area contributed by atoms with Gasteiger partial charge in [-0.1, -0.05) is 18.6 Å². The van der Waals surface area contributed by atoms with Crippen molar-refractivity contribution in [1.29, 1.82) is 0 Å². The fourth-order valence-corrected chi connectivity index (χ4v) is 6.16. The van der Waals surface area contributed by atoms with Crippen molar-refractivity contribution in [2.24, 2.45) is 0 Å². The second kappa shape index (κ2) is 12.9. The quantitative estimate of drug-likeness (QED) is 0.230. The average Bonchev–Trinajstić information content (AvgIpc) is 3.04. The van der Waals surface area contributed by atoms with Crippen LogP contribution < -0.4 is 18.9 Å². The van der Waals surface area contributed by atoms with E-state index in [1.807, 2.05) is 36.4 Å². The summed E-state index contributed by atoms with van der Waals surface area (Å²) < 4.78 is 44.7. The van der Waals surface area contributed by atoms with E-state index < -0.39 is 10.0 Å². The summed E-state index contributed by atoms with van der Waals surface area (Å²) in [6.45, 7) is 3.71. The first-order valence-corrected chi connectivity index (χ1v) is 15.6. The highest BCUT2D eigenvalue weighted by Crippen LogP contribution is 2.39. The molecule has 0 aliphatic carbocycles. The lowest BCUT2D eigenvalue weighted by Crippen LogP contribution is -2.33. The number of likely N-dealkylation sites (tertiary alicyclic amines) is 1. The third-order valence-electron chi connectivity index (χ3n) is 7.74. The number of nitrogens with zero attached hydrogens (tertiary/aromatic N) is 1. The predicted molar refractivity (Wildman–Crippen MR) is 164 cm³/mol. The number of rotatable bonds is 11. The molecule has 1 saturated heterocycles. The Balaban J connectivity index is 1.53. The number of carbonyl (C=O) groups excluding carboxylic acids is 1. The van der Waals surface area contributed by atoms with Crippen LogP contribution in [0.25, 0.3) is 21.9 Å². The molecule has 1 heterocycles. The van der Waals surface area contributed by atoms with Gasteiger partial charge in [0.05, 0.1) is 19.1 Å². The lowest BCUT2D eigenvalue weighted by atomic mass is 9.89. The molecule has 220 valence electrons. The zero-order valence-electron chi connectivity index (χ0n) is 24.2. The van der Waals surface area contributed by atoms with Crippen LogP contribution in [0, 0.1) is 0 Å². The molecule has 0 radical (unpaired) electrons. The number of carbonyl (C=O) groups is 1. The van der Waals surface area contributed by atoms with Crippen molar-refractivity contribution in [2.45, 2.75) is 24.2 Å². The highest BCUT2D eigenvalue weighted by molar-refractivity contribution is 7.89. The highest BCUT2D eigenvalue weighted by atomic mass is 32.2. The molecule has 0 unspecified atom stereocenters. The van der Waals surface area contributed by atoms with E-state index in [9.17, 15) is 13.2 Å². The molecular formula is C33H36N2O6S. The number of hydrogen-bond acceptors (Lipinski definition) is 7. The molecule has 4 aromatic carbocycles. The van der Waals surface area contributed by atoms with E-state index in [1.165, 1.54) is 45.6 Å². The number of fused-ring (bicyclic) bond motifs is 1. The van der Waals surface area contributed by atoms with Gasteiger partial charge in [0, 0.05) is 23.2 Å². The van der Waals surface area contributed by atoms with E-state index in [0.29, 0.717) is 51.5 Å². The minimum atomic E-state index is -3.73. The van der Waals surface area contributed by atoms with Crippen molar-refractivity contribution in [3.8, 4) is 28.4 Å². The Kier molecular flexibility index (Phi) is 9.11. The van der Waals surface area contributed by atoms with Gasteiger partial charge in [0.15, 0.2) is 5.78 Å². The summed E-state index contributed by atoms with van der Waals surface area (Å²) in [5.74, 6) is 1.62. The van der Waals surface area contributed by atoms with Crippen LogP contribution in [-0.4, -0.2) is 66.6 Å². The van der Waals surface area contributed by atoms with Crippen molar-refractivity contribution in [3.05, 3.63) is 83.9 Å². The first-order chi connectivity index (χ1) is 20.3. The Morgan fingerprint density at radius 2 is 1.57 bits per heavy atom. The Bertz CT molecular complexity index is 1680. The molecule has 42 heavy (non-hydrogen) atoms. The molecule has 4 aromatic rings. The molecule has 0 saturated carbocycles. The van der Waals surface area contributed by atoms with Crippen LogP contribution in [0.4, 0.5) is 0 Å². The van der Waals surface area contributed by atoms with Gasteiger partial charge in [0.25, 0.3) is 0 Å². The third kappa shape index (κ3) is 6.28. The zero-order valence-corrected chi connectivity index (χ0v) is 25.0. The lowest BCUT2D eigenvalue weighted by Gasteiger charge is -2.26. The molecule has 5 rings (SSSR count). The first kappa shape index (κ1) is 29.6. The van der Waals surface area contributed by atoms with Crippen LogP contribution in [0.1, 0.15) is 35.2 Å². The van der Waals surface area contributed by atoms with Crippen LogP contribution in [0.3, 0.4) is 0 Å². The number of ether oxygens (including phenoxy) is 3. The SMILES string of the molecule is CNS(=O)(=O)c1ccc(OC)c(-c2ccc3cc(OC)ccc3c2C(=O)c2ccc(OCCN3CCCCC3)cc2)c1. The summed E-state index contributed by atoms with van der Waals surface area (Å²) in [5, 5.41) is 1.53. The van der Waals surface area contributed by atoms with Gasteiger partial charge < -0.3 is 14.2 Å². The Morgan fingerprint density at radius 1 is 0.833 bits per heavy atom. The van der Waals surface area contributed by atoms with E-state index in [2.05, 4.69) is 9.62 Å². The monoisotopic (exact) mass is 588 g/mol. The molecule has 8 nitrogen and oxygen atoms in total. The Hall–Kier alpha value is -3.92. The van der Waals surface area contributed by atoms with E-state index in [1.54, 1.807) is 31.4 Å². The highest BCUT2D eigenvalue weighted by Gasteiger charge is 2.23. The second-order valence-electron chi connectivity index (χ2n) is 10.2. The summed E-state index contributed by atoms with van der Waals surface area (Å²) >= 11 is 0. The van der Waals surface area contributed by atoms with Gasteiger partial charge in [-0.05, 0) is 110 Å². The fourth-order valence-electron chi connectivity index (χ4n) is 5.41. The predicted octanol–water partition coefficient (Wildman–Crippen LogP) is 5.53. The molecule has 0 spiro atoms. The number of sulfonamides is 1. The second-order valence-corrected chi connectivity index (χ2v) is 12.1. The number of benzene rings is 4. The van der Waals surface area contributed by atoms with Gasteiger partial charge in [-0.15, -0.1) is 0 Å². The molecule has 0 atom stereocenters. The standard InChI is InChI=1S/C33H36N2O6S/c1-34-42(37,38)27-13-16-31(40-3)30(22-27)29-14-9-24-21-26(39-2)12-15-28(24)32(29)33(36)23-7-10-25(11-8-23)41-20-19-35-17-5-4-6-18-35/h7-16,21-22,34H,4-6,17-20H2,1-3H3. The molecule has 0 aromatic heterocycles. The average molecular weight is 589 g/mol. The van der Waals surface area contributed by atoms with Crippen molar-refractivity contribution in [1.82, 2.24) is 9.62 Å². The van der Waals surface area contributed by atoms with Crippen molar-refractivity contribution in [2.75, 3.05) is 47.5 Å². The van der Waals surface area contributed by atoms with Gasteiger partial charge in [0.1, 0.15) is 23.9 Å². The van der Waals surface area contributed by atoms with Crippen molar-refractivity contribution in [3.63, 3.8) is 0 Å². The number of methoxy groups -OCH3 is 2. The summed E-state index contributed by atoms with van der Waals surface area (Å²) in [5.41, 5.74) is 1.98. The van der Waals surface area contributed by atoms with Gasteiger partial charge in [-0.25, -0.2) is 13.1 Å². The number of hydrogen-bond donors (Lipinski definition) is 1. The van der Waals surface area contributed by atoms with Crippen LogP contribution in [0.5, 0.6) is 17.2 Å². The van der Waals surface area contributed by atoms with E-state index in [-0.39, 0.29) is 10.7 Å². The summed E-state index contributed by atoms with van der Waals surface area (Å²) in [6, 6.07) is 21.0. The molecule has 1 N–H and O–H groups in total. The number of nitrogens with one attached hydrogen (secondary N) is 1. The number of piperidine rings is 1. The fraction of sp³-hybridized carbons (Fsp3) is 0.303. The Labute approximate surface area is 247 Å². The molecular weight excluding hydrogens is 552 g/mol. The van der Waals surface area contributed by atoms with Crippen LogP contribution in [0.2, 0.25) is 0 Å². The van der Waals surface area contributed by atoms with E-state index in [4.69, 9.17) is 14.2 Å². The molecule has 0 bridgehead atoms. The van der Waals surface area contributed by atoms with Gasteiger partial charge in [0.2, 0.25) is 10.0 Å². The smallest absolute Gasteiger partial charge is 0.240 e. The normalized spacial score (nSPS) is 14.1. The minimum Gasteiger partial charge on any atom is -0.497 e. The van der Waals surface area contributed by atoms with Gasteiger partial charge in [-0.2, -0.15) is 0 Å². The molecule has 1 aliphatic rings. The van der Waals surface area contributed by atoms with Crippen LogP contribution in [-0.2, 0) is 10.0 Å². The molecule has 9 heteroatoms. The van der Waals surface area contributed by atoms with E-state index >= 15 is 0 Å². The zero-order chi connectivity index (χ0) is 29.7. The largest absolute Gasteiger partial charge is 0.497 e. The van der Waals surface area contributed by atoms with Crippen LogP contribution in [0.15, 0.2) is 77.7 Å². The third-order valence-corrected chi connectivity index (χ3v) is 9.15. The van der Waals surface area contributed by atoms with E-state index in [0.717, 1.165) is 25.0 Å². The maximum Gasteiger partial charge on any atom is 0.240 e.